The van der Waals surface area contributed by atoms with E-state index in [0.717, 1.165) is 12.8 Å². The van der Waals surface area contributed by atoms with E-state index in [-0.39, 0.29) is 35.0 Å². The highest BCUT2D eigenvalue weighted by molar-refractivity contribution is 6.34. The fourth-order valence-electron chi connectivity index (χ4n) is 5.08. The number of anilines is 1. The number of rotatable bonds is 8. The van der Waals surface area contributed by atoms with Crippen molar-refractivity contribution in [1.82, 2.24) is 9.80 Å². The van der Waals surface area contributed by atoms with Gasteiger partial charge in [0, 0.05) is 45.0 Å². The molecule has 3 rings (SSSR count). The van der Waals surface area contributed by atoms with Crippen LogP contribution in [-0.4, -0.2) is 83.8 Å². The Hall–Kier alpha value is -2.52. The van der Waals surface area contributed by atoms with Crippen LogP contribution in [0.1, 0.15) is 85.0 Å². The van der Waals surface area contributed by atoms with Crippen LogP contribution in [0.25, 0.3) is 0 Å². The van der Waals surface area contributed by atoms with Crippen molar-refractivity contribution in [1.29, 1.82) is 0 Å². The van der Waals surface area contributed by atoms with Crippen LogP contribution in [0, 0.1) is 0 Å². The molecule has 0 radical (unpaired) electrons. The molecular formula is C29H44ClN3O6. The number of likely N-dealkylation sites (tertiary alicyclic amines) is 1. The Morgan fingerprint density at radius 1 is 1.26 bits per heavy atom. The van der Waals surface area contributed by atoms with Crippen molar-refractivity contribution in [3.8, 4) is 5.75 Å². The first-order chi connectivity index (χ1) is 18.2. The monoisotopic (exact) mass is 565 g/mol. The maximum absolute atomic E-state index is 14.1. The number of fused-ring (bicyclic) bond motifs is 1. The molecule has 1 saturated heterocycles. The summed E-state index contributed by atoms with van der Waals surface area (Å²) in [7, 11) is 0. The van der Waals surface area contributed by atoms with Gasteiger partial charge in [-0.3, -0.25) is 9.59 Å². The van der Waals surface area contributed by atoms with Gasteiger partial charge >= 0.3 is 6.09 Å². The molecule has 3 amide bonds. The van der Waals surface area contributed by atoms with E-state index < -0.39 is 11.2 Å². The molecule has 2 aliphatic heterocycles. The van der Waals surface area contributed by atoms with E-state index in [1.807, 2.05) is 41.5 Å². The SMILES string of the molecule is CCOCCCN1C(=O)C(C)(C)Oc2cc(Cl)c(C(=O)N(C(C)C)[C@@H]3CCCN(C(=O)OC(C)(C)C)C3)cc21. The molecule has 218 valence electrons. The fourth-order valence-corrected chi connectivity index (χ4v) is 5.31. The average molecular weight is 566 g/mol. The lowest BCUT2D eigenvalue weighted by Gasteiger charge is -2.42. The summed E-state index contributed by atoms with van der Waals surface area (Å²) in [5, 5.41) is 0.253. The van der Waals surface area contributed by atoms with Crippen LogP contribution in [0.3, 0.4) is 0 Å². The zero-order valence-corrected chi connectivity index (χ0v) is 25.4. The maximum atomic E-state index is 14.1. The third-order valence-corrected chi connectivity index (χ3v) is 7.11. The van der Waals surface area contributed by atoms with Gasteiger partial charge in [-0.15, -0.1) is 0 Å². The smallest absolute Gasteiger partial charge is 0.410 e. The molecule has 0 bridgehead atoms. The molecule has 1 fully saturated rings. The average Bonchev–Trinajstić information content (AvgIpc) is 2.82. The van der Waals surface area contributed by atoms with Crippen LogP contribution in [0.15, 0.2) is 12.1 Å². The summed E-state index contributed by atoms with van der Waals surface area (Å²) in [5.74, 6) is 0.0241. The summed E-state index contributed by atoms with van der Waals surface area (Å²) in [4.78, 5) is 45.3. The number of hydrogen-bond acceptors (Lipinski definition) is 6. The maximum Gasteiger partial charge on any atom is 0.410 e. The number of nitrogens with zero attached hydrogens (tertiary/aromatic N) is 3. The van der Waals surface area contributed by atoms with Gasteiger partial charge in [0.15, 0.2) is 5.60 Å². The Morgan fingerprint density at radius 2 is 1.95 bits per heavy atom. The van der Waals surface area contributed by atoms with Gasteiger partial charge in [-0.25, -0.2) is 4.79 Å². The highest BCUT2D eigenvalue weighted by Gasteiger charge is 2.42. The van der Waals surface area contributed by atoms with Crippen LogP contribution >= 0.6 is 11.6 Å². The predicted molar refractivity (Wildman–Crippen MR) is 152 cm³/mol. The quantitative estimate of drug-likeness (QED) is 0.386. The Bertz CT molecular complexity index is 1070. The second kappa shape index (κ2) is 12.3. The third-order valence-electron chi connectivity index (χ3n) is 6.80. The number of amides is 3. The number of halogens is 1. The van der Waals surface area contributed by atoms with Gasteiger partial charge in [0.25, 0.3) is 11.8 Å². The second-order valence-electron chi connectivity index (χ2n) is 11.9. The first-order valence-electron chi connectivity index (χ1n) is 13.9. The highest BCUT2D eigenvalue weighted by Crippen LogP contribution is 2.42. The number of carbonyl (C=O) groups is 3. The zero-order valence-electron chi connectivity index (χ0n) is 24.6. The van der Waals surface area contributed by atoms with Gasteiger partial charge in [-0.2, -0.15) is 0 Å². The molecule has 2 heterocycles. The summed E-state index contributed by atoms with van der Waals surface area (Å²) in [5.41, 5.74) is -0.850. The number of piperidine rings is 1. The molecule has 1 aromatic rings. The van der Waals surface area contributed by atoms with Gasteiger partial charge < -0.3 is 28.9 Å². The first-order valence-corrected chi connectivity index (χ1v) is 14.3. The minimum atomic E-state index is -1.06. The van der Waals surface area contributed by atoms with Crippen LogP contribution in [-0.2, 0) is 14.3 Å². The number of ether oxygens (including phenoxy) is 3. The second-order valence-corrected chi connectivity index (χ2v) is 12.4. The van der Waals surface area contributed by atoms with E-state index in [9.17, 15) is 14.4 Å². The molecule has 1 aromatic carbocycles. The van der Waals surface area contributed by atoms with Crippen molar-refractivity contribution in [3.63, 3.8) is 0 Å². The fraction of sp³-hybridized carbons (Fsp3) is 0.690. The van der Waals surface area contributed by atoms with E-state index in [0.29, 0.717) is 56.3 Å². The van der Waals surface area contributed by atoms with Crippen molar-refractivity contribution < 1.29 is 28.6 Å². The van der Waals surface area contributed by atoms with Gasteiger partial charge in [-0.1, -0.05) is 11.6 Å². The van der Waals surface area contributed by atoms with Crippen LogP contribution < -0.4 is 9.64 Å². The molecule has 0 aromatic heterocycles. The van der Waals surface area contributed by atoms with E-state index in [1.165, 1.54) is 0 Å². The summed E-state index contributed by atoms with van der Waals surface area (Å²) >= 11 is 6.68. The Labute approximate surface area is 237 Å². The Balaban J connectivity index is 1.91. The minimum Gasteiger partial charge on any atom is -0.476 e. The predicted octanol–water partition coefficient (Wildman–Crippen LogP) is 5.52. The number of hydrogen-bond donors (Lipinski definition) is 0. The lowest BCUT2D eigenvalue weighted by Crippen LogP contribution is -2.54. The molecule has 0 N–H and O–H groups in total. The molecule has 0 spiro atoms. The van der Waals surface area contributed by atoms with Crippen LogP contribution in [0.4, 0.5) is 10.5 Å². The highest BCUT2D eigenvalue weighted by atomic mass is 35.5. The zero-order chi connectivity index (χ0) is 29.1. The molecule has 0 saturated carbocycles. The van der Waals surface area contributed by atoms with Gasteiger partial charge in [0.2, 0.25) is 0 Å². The molecule has 1 atom stereocenters. The largest absolute Gasteiger partial charge is 0.476 e. The Morgan fingerprint density at radius 3 is 2.56 bits per heavy atom. The summed E-state index contributed by atoms with van der Waals surface area (Å²) in [6, 6.07) is 2.94. The molecular weight excluding hydrogens is 522 g/mol. The van der Waals surface area contributed by atoms with E-state index in [4.69, 9.17) is 25.8 Å². The Kier molecular flexibility index (Phi) is 9.81. The summed E-state index contributed by atoms with van der Waals surface area (Å²) in [6.45, 7) is 17.3. The topological polar surface area (TPSA) is 88.6 Å². The van der Waals surface area contributed by atoms with Crippen molar-refractivity contribution in [2.45, 2.75) is 97.9 Å². The van der Waals surface area contributed by atoms with Crippen molar-refractivity contribution in [2.75, 3.05) is 37.7 Å². The van der Waals surface area contributed by atoms with Gasteiger partial charge in [0.1, 0.15) is 11.4 Å². The van der Waals surface area contributed by atoms with Crippen molar-refractivity contribution in [2.24, 2.45) is 0 Å². The summed E-state index contributed by atoms with van der Waals surface area (Å²) < 4.78 is 17.1. The van der Waals surface area contributed by atoms with Gasteiger partial charge in [0.05, 0.1) is 22.3 Å². The molecule has 9 nitrogen and oxygen atoms in total. The molecule has 0 aliphatic carbocycles. The van der Waals surface area contributed by atoms with Crippen LogP contribution in [0.2, 0.25) is 5.02 Å². The molecule has 0 unspecified atom stereocenters. The lowest BCUT2D eigenvalue weighted by molar-refractivity contribution is -0.132. The standard InChI is InChI=1S/C29H44ClN3O6/c1-9-37-15-11-14-32-23-16-21(22(30)17-24(23)38-29(7,8)26(32)35)25(34)33(19(2)3)20-12-10-13-31(18-20)27(36)39-28(4,5)6/h16-17,19-20H,9-15,18H2,1-8H3/t20-/m1/s1. The molecule has 39 heavy (non-hydrogen) atoms. The normalized spacial score (nSPS) is 19.0. The van der Waals surface area contributed by atoms with Crippen molar-refractivity contribution >= 4 is 35.2 Å². The summed E-state index contributed by atoms with van der Waals surface area (Å²) in [6.07, 6.45) is 1.77. The van der Waals surface area contributed by atoms with Crippen LogP contribution in [0.5, 0.6) is 5.75 Å². The lowest BCUT2D eigenvalue weighted by atomic mass is 9.99. The molecule has 10 heteroatoms. The van der Waals surface area contributed by atoms with Crippen molar-refractivity contribution in [3.05, 3.63) is 22.7 Å². The van der Waals surface area contributed by atoms with E-state index in [2.05, 4.69) is 0 Å². The van der Waals surface area contributed by atoms with E-state index >= 15 is 0 Å². The minimum absolute atomic E-state index is 0.146. The third kappa shape index (κ3) is 7.37. The number of benzene rings is 1. The van der Waals surface area contributed by atoms with E-state index in [1.54, 1.807) is 40.7 Å². The van der Waals surface area contributed by atoms with Gasteiger partial charge in [-0.05, 0) is 80.7 Å². The molecule has 2 aliphatic rings. The first kappa shape index (κ1) is 31.0. The number of carbonyl (C=O) groups excluding carboxylic acids is 3.